The van der Waals surface area contributed by atoms with Gasteiger partial charge in [0.2, 0.25) is 0 Å². The summed E-state index contributed by atoms with van der Waals surface area (Å²) in [5.74, 6) is 1.68. The number of hydrogen-bond donors (Lipinski definition) is 1. The van der Waals surface area contributed by atoms with Crippen LogP contribution in [0.4, 0.5) is 5.69 Å². The van der Waals surface area contributed by atoms with Crippen molar-refractivity contribution in [3.05, 3.63) is 53.6 Å². The number of thiocarbonyl (C=S) groups is 1. The van der Waals surface area contributed by atoms with E-state index in [2.05, 4.69) is 17.1 Å². The van der Waals surface area contributed by atoms with E-state index in [1.807, 2.05) is 56.3 Å². The fourth-order valence-electron chi connectivity index (χ4n) is 3.49. The largest absolute Gasteiger partial charge is 0.490 e. The monoisotopic (exact) mass is 426 g/mol. The maximum atomic E-state index is 12.3. The summed E-state index contributed by atoms with van der Waals surface area (Å²) >= 11 is 5.72. The number of nitrogens with zero attached hydrogens (tertiary/aromatic N) is 1. The Bertz CT molecular complexity index is 892. The van der Waals surface area contributed by atoms with E-state index < -0.39 is 0 Å². The first kappa shape index (κ1) is 22.1. The first-order valence-corrected chi connectivity index (χ1v) is 10.9. The lowest BCUT2D eigenvalue weighted by Crippen LogP contribution is -2.37. The van der Waals surface area contributed by atoms with Crippen molar-refractivity contribution in [3.63, 3.8) is 0 Å². The van der Waals surface area contributed by atoms with Gasteiger partial charge in [0.1, 0.15) is 4.99 Å². The summed E-state index contributed by atoms with van der Waals surface area (Å²) in [6.07, 6.45) is 2.32. The fraction of sp³-hybridized carbons (Fsp3) is 0.417. The lowest BCUT2D eigenvalue weighted by molar-refractivity contribution is -0.118. The summed E-state index contributed by atoms with van der Waals surface area (Å²) in [4.78, 5) is 15.4. The molecular weight excluding hydrogens is 396 g/mol. The molecular formula is C24H30N2O3S. The molecule has 2 aromatic rings. The minimum absolute atomic E-state index is 0.0954. The molecule has 1 heterocycles. The normalized spacial score (nSPS) is 14.3. The van der Waals surface area contributed by atoms with Gasteiger partial charge >= 0.3 is 0 Å². The van der Waals surface area contributed by atoms with Crippen LogP contribution in [0, 0.1) is 12.8 Å². The second-order valence-corrected chi connectivity index (χ2v) is 8.16. The summed E-state index contributed by atoms with van der Waals surface area (Å²) in [6, 6.07) is 13.3. The number of amides is 1. The van der Waals surface area contributed by atoms with E-state index in [0.29, 0.717) is 18.1 Å². The number of hydrogen-bond acceptors (Lipinski definition) is 4. The number of likely N-dealkylation sites (tertiary alicyclic amines) is 1. The lowest BCUT2D eigenvalue weighted by atomic mass is 9.99. The molecule has 1 aliphatic heterocycles. The number of benzene rings is 2. The number of nitrogens with one attached hydrogen (secondary N) is 1. The van der Waals surface area contributed by atoms with Crippen molar-refractivity contribution < 1.29 is 14.3 Å². The van der Waals surface area contributed by atoms with Crippen LogP contribution in [0.25, 0.3) is 0 Å². The van der Waals surface area contributed by atoms with Gasteiger partial charge in [-0.05, 0) is 68.5 Å². The Morgan fingerprint density at radius 1 is 1.13 bits per heavy atom. The maximum absolute atomic E-state index is 12.3. The molecule has 0 radical (unpaired) electrons. The SMILES string of the molecule is CCOc1cc(C(=S)N2CCC(C)CC2)ccc1OCC(=O)Nc1cccc(C)c1. The fourth-order valence-corrected chi connectivity index (χ4v) is 3.80. The zero-order valence-electron chi connectivity index (χ0n) is 17.9. The van der Waals surface area contributed by atoms with Crippen LogP contribution < -0.4 is 14.8 Å². The molecule has 1 aliphatic rings. The number of anilines is 1. The molecule has 2 aromatic carbocycles. The van der Waals surface area contributed by atoms with Gasteiger partial charge in [0, 0.05) is 24.3 Å². The lowest BCUT2D eigenvalue weighted by Gasteiger charge is -2.32. The van der Waals surface area contributed by atoms with Gasteiger partial charge in [-0.15, -0.1) is 0 Å². The summed E-state index contributed by atoms with van der Waals surface area (Å²) in [5, 5.41) is 2.85. The third-order valence-corrected chi connectivity index (χ3v) is 5.72. The smallest absolute Gasteiger partial charge is 0.262 e. The molecule has 0 aliphatic carbocycles. The third kappa shape index (κ3) is 5.95. The van der Waals surface area contributed by atoms with Gasteiger partial charge in [0.05, 0.1) is 6.61 Å². The minimum Gasteiger partial charge on any atom is -0.490 e. The summed E-state index contributed by atoms with van der Waals surface area (Å²) < 4.78 is 11.5. The highest BCUT2D eigenvalue weighted by Crippen LogP contribution is 2.30. The van der Waals surface area contributed by atoms with Crippen molar-refractivity contribution in [2.24, 2.45) is 5.92 Å². The van der Waals surface area contributed by atoms with Crippen molar-refractivity contribution in [2.45, 2.75) is 33.6 Å². The van der Waals surface area contributed by atoms with E-state index in [0.717, 1.165) is 53.7 Å². The second kappa shape index (κ2) is 10.4. The van der Waals surface area contributed by atoms with Gasteiger partial charge in [-0.3, -0.25) is 4.79 Å². The quantitative estimate of drug-likeness (QED) is 0.644. The molecule has 0 atom stereocenters. The zero-order valence-corrected chi connectivity index (χ0v) is 18.8. The van der Waals surface area contributed by atoms with Crippen LogP contribution in [-0.2, 0) is 4.79 Å². The Kier molecular flexibility index (Phi) is 7.69. The molecule has 1 saturated heterocycles. The highest BCUT2D eigenvalue weighted by Gasteiger charge is 2.20. The van der Waals surface area contributed by atoms with Crippen LogP contribution in [0.1, 0.15) is 37.8 Å². The van der Waals surface area contributed by atoms with Gasteiger partial charge < -0.3 is 19.7 Å². The second-order valence-electron chi connectivity index (χ2n) is 7.78. The zero-order chi connectivity index (χ0) is 21.5. The van der Waals surface area contributed by atoms with E-state index in [9.17, 15) is 4.79 Å². The predicted molar refractivity (Wildman–Crippen MR) is 125 cm³/mol. The van der Waals surface area contributed by atoms with Crippen molar-refractivity contribution in [2.75, 3.05) is 31.6 Å². The van der Waals surface area contributed by atoms with Gasteiger partial charge in [-0.1, -0.05) is 31.3 Å². The van der Waals surface area contributed by atoms with Gasteiger partial charge in [0.15, 0.2) is 18.1 Å². The molecule has 0 aromatic heterocycles. The number of carbonyl (C=O) groups excluding carboxylic acids is 1. The number of aryl methyl sites for hydroxylation is 1. The minimum atomic E-state index is -0.218. The van der Waals surface area contributed by atoms with Crippen molar-refractivity contribution >= 4 is 28.8 Å². The number of carbonyl (C=O) groups is 1. The van der Waals surface area contributed by atoms with E-state index >= 15 is 0 Å². The van der Waals surface area contributed by atoms with Gasteiger partial charge in [-0.2, -0.15) is 0 Å². The standard InChI is InChI=1S/C24H30N2O3S/c1-4-28-22-15-19(24(30)26-12-10-17(2)11-13-26)8-9-21(22)29-16-23(27)25-20-7-5-6-18(3)14-20/h5-9,14-15,17H,4,10-13,16H2,1-3H3,(H,25,27). The third-order valence-electron chi connectivity index (χ3n) is 5.22. The van der Waals surface area contributed by atoms with Crippen molar-refractivity contribution in [3.8, 4) is 11.5 Å². The Hall–Kier alpha value is -2.60. The Labute approximate surface area is 184 Å². The molecule has 0 spiro atoms. The van der Waals surface area contributed by atoms with E-state index in [1.54, 1.807) is 0 Å². The molecule has 6 heteroatoms. The summed E-state index contributed by atoms with van der Waals surface area (Å²) in [7, 11) is 0. The van der Waals surface area contributed by atoms with Crippen molar-refractivity contribution in [1.82, 2.24) is 4.90 Å². The highest BCUT2D eigenvalue weighted by molar-refractivity contribution is 7.80. The topological polar surface area (TPSA) is 50.8 Å². The average molecular weight is 427 g/mol. The molecule has 1 amide bonds. The van der Waals surface area contributed by atoms with Crippen LogP contribution in [0.5, 0.6) is 11.5 Å². The van der Waals surface area contributed by atoms with Crippen LogP contribution in [0.3, 0.4) is 0 Å². The predicted octanol–water partition coefficient (Wildman–Crippen LogP) is 4.82. The molecule has 0 bridgehead atoms. The van der Waals surface area contributed by atoms with Crippen molar-refractivity contribution in [1.29, 1.82) is 0 Å². The molecule has 3 rings (SSSR count). The Morgan fingerprint density at radius 3 is 2.60 bits per heavy atom. The molecule has 1 N–H and O–H groups in total. The highest BCUT2D eigenvalue weighted by atomic mass is 32.1. The van der Waals surface area contributed by atoms with Crippen LogP contribution in [0.2, 0.25) is 0 Å². The van der Waals surface area contributed by atoms with E-state index in [-0.39, 0.29) is 12.5 Å². The molecule has 30 heavy (non-hydrogen) atoms. The van der Waals surface area contributed by atoms with Crippen LogP contribution in [-0.4, -0.2) is 42.1 Å². The first-order valence-electron chi connectivity index (χ1n) is 10.5. The average Bonchev–Trinajstić information content (AvgIpc) is 2.73. The van der Waals surface area contributed by atoms with Gasteiger partial charge in [-0.25, -0.2) is 0 Å². The number of piperidine rings is 1. The van der Waals surface area contributed by atoms with Crippen LogP contribution in [0.15, 0.2) is 42.5 Å². The summed E-state index contributed by atoms with van der Waals surface area (Å²) in [6.45, 7) is 8.57. The molecule has 5 nitrogen and oxygen atoms in total. The van der Waals surface area contributed by atoms with Gasteiger partial charge in [0.25, 0.3) is 5.91 Å². The molecule has 1 fully saturated rings. The first-order chi connectivity index (χ1) is 14.5. The molecule has 0 unspecified atom stereocenters. The Balaban J connectivity index is 1.64. The Morgan fingerprint density at radius 2 is 1.90 bits per heavy atom. The van der Waals surface area contributed by atoms with E-state index in [4.69, 9.17) is 21.7 Å². The summed E-state index contributed by atoms with van der Waals surface area (Å²) in [5.41, 5.74) is 2.78. The van der Waals surface area contributed by atoms with Crippen LogP contribution >= 0.6 is 12.2 Å². The maximum Gasteiger partial charge on any atom is 0.262 e. The van der Waals surface area contributed by atoms with E-state index in [1.165, 1.54) is 0 Å². The number of rotatable bonds is 7. The molecule has 0 saturated carbocycles. The number of ether oxygens (including phenoxy) is 2. The molecule has 160 valence electrons.